The third-order valence-electron chi connectivity index (χ3n) is 3.63. The van der Waals surface area contributed by atoms with E-state index in [1.54, 1.807) is 13.1 Å². The normalized spacial score (nSPS) is 11.9. The number of tetrazole rings is 1. The number of carbonyl (C=O) groups is 1. The second kappa shape index (κ2) is 6.99. The van der Waals surface area contributed by atoms with Crippen molar-refractivity contribution in [2.45, 2.75) is 26.4 Å². The highest BCUT2D eigenvalue weighted by atomic mass is 16.2. The third kappa shape index (κ3) is 3.62. The second-order valence-corrected chi connectivity index (χ2v) is 5.50. The van der Waals surface area contributed by atoms with Crippen molar-refractivity contribution in [3.8, 4) is 11.4 Å². The Hall–Kier alpha value is -3.09. The number of carbonyl (C=O) groups excluding carboxylic acids is 1. The van der Waals surface area contributed by atoms with Crippen molar-refractivity contribution in [1.29, 1.82) is 0 Å². The summed E-state index contributed by atoms with van der Waals surface area (Å²) in [6.45, 7) is 4.07. The lowest BCUT2D eigenvalue weighted by Gasteiger charge is -2.10. The number of amides is 1. The van der Waals surface area contributed by atoms with Gasteiger partial charge in [-0.05, 0) is 30.7 Å². The Kier molecular flexibility index (Phi) is 4.60. The van der Waals surface area contributed by atoms with Crippen LogP contribution in [0.5, 0.6) is 0 Å². The zero-order valence-electron chi connectivity index (χ0n) is 13.5. The molecule has 1 amide bonds. The molecule has 0 radical (unpaired) electrons. The Bertz CT molecular complexity index is 813. The molecule has 1 aromatic carbocycles. The van der Waals surface area contributed by atoms with Crippen LogP contribution in [0.1, 0.15) is 24.2 Å². The van der Waals surface area contributed by atoms with Gasteiger partial charge in [-0.15, -0.1) is 10.2 Å². The van der Waals surface area contributed by atoms with Crippen molar-refractivity contribution < 1.29 is 4.79 Å². The lowest BCUT2D eigenvalue weighted by molar-refractivity contribution is -0.124. The van der Waals surface area contributed by atoms with Gasteiger partial charge in [-0.1, -0.05) is 36.4 Å². The van der Waals surface area contributed by atoms with Crippen molar-refractivity contribution >= 4 is 5.91 Å². The van der Waals surface area contributed by atoms with Crippen molar-refractivity contribution in [2.24, 2.45) is 0 Å². The summed E-state index contributed by atoms with van der Waals surface area (Å²) < 4.78 is 0. The number of hydrogen-bond acceptors (Lipinski definition) is 5. The van der Waals surface area contributed by atoms with Gasteiger partial charge < -0.3 is 5.32 Å². The molecule has 3 aromatic rings. The summed E-state index contributed by atoms with van der Waals surface area (Å²) in [5.41, 5.74) is 2.75. The van der Waals surface area contributed by atoms with E-state index < -0.39 is 6.04 Å². The zero-order valence-corrected chi connectivity index (χ0v) is 13.5. The van der Waals surface area contributed by atoms with E-state index in [0.717, 1.165) is 16.8 Å². The first-order chi connectivity index (χ1) is 11.6. The van der Waals surface area contributed by atoms with Gasteiger partial charge in [0.05, 0.1) is 0 Å². The maximum atomic E-state index is 12.3. The summed E-state index contributed by atoms with van der Waals surface area (Å²) in [6, 6.07) is 12.8. The second-order valence-electron chi connectivity index (χ2n) is 5.50. The topological polar surface area (TPSA) is 85.6 Å². The number of hydrogen-bond donors (Lipinski definition) is 1. The third-order valence-corrected chi connectivity index (χ3v) is 3.63. The minimum atomic E-state index is -0.548. The highest BCUT2D eigenvalue weighted by Gasteiger charge is 2.18. The molecule has 0 unspecified atom stereocenters. The van der Waals surface area contributed by atoms with Gasteiger partial charge in [0.25, 0.3) is 0 Å². The number of aryl methyl sites for hydroxylation is 1. The van der Waals surface area contributed by atoms with Gasteiger partial charge in [-0.2, -0.15) is 4.80 Å². The zero-order chi connectivity index (χ0) is 16.9. The molecule has 7 nitrogen and oxygen atoms in total. The summed E-state index contributed by atoms with van der Waals surface area (Å²) in [7, 11) is 0. The number of benzene rings is 1. The van der Waals surface area contributed by atoms with Crippen LogP contribution < -0.4 is 5.32 Å². The molecule has 1 atom stereocenters. The standard InChI is InChI=1S/C17H18N6O/c1-12-8-9-14(10-18-12)11-19-17(24)13(2)23-21-16(20-22-23)15-6-4-3-5-7-15/h3-10,13H,11H2,1-2H3,(H,19,24)/t13-/m1/s1. The van der Waals surface area contributed by atoms with Gasteiger partial charge in [0.2, 0.25) is 11.7 Å². The van der Waals surface area contributed by atoms with Crippen LogP contribution in [-0.4, -0.2) is 31.1 Å². The van der Waals surface area contributed by atoms with E-state index in [-0.39, 0.29) is 5.91 Å². The Morgan fingerprint density at radius 3 is 2.71 bits per heavy atom. The first-order valence-corrected chi connectivity index (χ1v) is 7.67. The first kappa shape index (κ1) is 15.8. The van der Waals surface area contributed by atoms with E-state index in [9.17, 15) is 4.79 Å². The maximum absolute atomic E-state index is 12.3. The van der Waals surface area contributed by atoms with E-state index in [1.165, 1.54) is 4.80 Å². The molecular formula is C17H18N6O. The van der Waals surface area contributed by atoms with Crippen LogP contribution in [-0.2, 0) is 11.3 Å². The molecule has 0 aliphatic heterocycles. The molecule has 7 heteroatoms. The molecule has 1 N–H and O–H groups in total. The fourth-order valence-corrected chi connectivity index (χ4v) is 2.14. The molecule has 2 aromatic heterocycles. The molecule has 0 fully saturated rings. The summed E-state index contributed by atoms with van der Waals surface area (Å²) in [5, 5.41) is 15.1. The van der Waals surface area contributed by atoms with Gasteiger partial charge in [0.15, 0.2) is 0 Å². The van der Waals surface area contributed by atoms with Crippen LogP contribution in [0.15, 0.2) is 48.7 Å². The summed E-state index contributed by atoms with van der Waals surface area (Å²) in [6.07, 6.45) is 1.75. The molecule has 0 bridgehead atoms. The van der Waals surface area contributed by atoms with E-state index in [1.807, 2.05) is 49.4 Å². The quantitative estimate of drug-likeness (QED) is 0.775. The van der Waals surface area contributed by atoms with Gasteiger partial charge in [0.1, 0.15) is 6.04 Å². The molecule has 0 spiro atoms. The summed E-state index contributed by atoms with van der Waals surface area (Å²) >= 11 is 0. The number of nitrogens with zero attached hydrogens (tertiary/aromatic N) is 5. The van der Waals surface area contributed by atoms with Crippen LogP contribution in [0, 0.1) is 6.92 Å². The van der Waals surface area contributed by atoms with Crippen molar-refractivity contribution in [3.05, 3.63) is 59.9 Å². The Morgan fingerprint density at radius 1 is 1.21 bits per heavy atom. The minimum absolute atomic E-state index is 0.174. The van der Waals surface area contributed by atoms with Gasteiger partial charge in [-0.25, -0.2) is 0 Å². The molecule has 0 aliphatic carbocycles. The number of pyridine rings is 1. The number of nitrogens with one attached hydrogen (secondary N) is 1. The molecule has 0 saturated heterocycles. The van der Waals surface area contributed by atoms with Gasteiger partial charge >= 0.3 is 0 Å². The van der Waals surface area contributed by atoms with E-state index in [0.29, 0.717) is 12.4 Å². The number of rotatable bonds is 5. The molecule has 0 saturated carbocycles. The van der Waals surface area contributed by atoms with E-state index >= 15 is 0 Å². The summed E-state index contributed by atoms with van der Waals surface area (Å²) in [5.74, 6) is 0.325. The smallest absolute Gasteiger partial charge is 0.246 e. The lowest BCUT2D eigenvalue weighted by atomic mass is 10.2. The average molecular weight is 322 g/mol. The highest BCUT2D eigenvalue weighted by molar-refractivity contribution is 5.79. The average Bonchev–Trinajstić information content (AvgIpc) is 3.11. The van der Waals surface area contributed by atoms with E-state index in [4.69, 9.17) is 0 Å². The van der Waals surface area contributed by atoms with Gasteiger partial charge in [-0.3, -0.25) is 9.78 Å². The molecule has 122 valence electrons. The van der Waals surface area contributed by atoms with Crippen molar-refractivity contribution in [1.82, 2.24) is 30.5 Å². The van der Waals surface area contributed by atoms with Crippen LogP contribution in [0.2, 0.25) is 0 Å². The van der Waals surface area contributed by atoms with E-state index in [2.05, 4.69) is 25.7 Å². The molecule has 2 heterocycles. The van der Waals surface area contributed by atoms with Crippen LogP contribution in [0.4, 0.5) is 0 Å². The molecule has 0 aliphatic rings. The van der Waals surface area contributed by atoms with Crippen LogP contribution in [0.3, 0.4) is 0 Å². The van der Waals surface area contributed by atoms with Crippen molar-refractivity contribution in [3.63, 3.8) is 0 Å². The monoisotopic (exact) mass is 322 g/mol. The van der Waals surface area contributed by atoms with Crippen molar-refractivity contribution in [2.75, 3.05) is 0 Å². The largest absolute Gasteiger partial charge is 0.350 e. The summed E-state index contributed by atoms with van der Waals surface area (Å²) in [4.78, 5) is 17.8. The molecule has 3 rings (SSSR count). The SMILES string of the molecule is Cc1ccc(CNC(=O)[C@@H](C)n2nnc(-c3ccccc3)n2)cn1. The Balaban J connectivity index is 1.63. The van der Waals surface area contributed by atoms with Crippen LogP contribution in [0.25, 0.3) is 11.4 Å². The lowest BCUT2D eigenvalue weighted by Crippen LogP contribution is -2.31. The maximum Gasteiger partial charge on any atom is 0.246 e. The van der Waals surface area contributed by atoms with Crippen LogP contribution >= 0.6 is 0 Å². The first-order valence-electron chi connectivity index (χ1n) is 7.67. The molecule has 24 heavy (non-hydrogen) atoms. The fourth-order valence-electron chi connectivity index (χ4n) is 2.14. The molecular weight excluding hydrogens is 304 g/mol. The van der Waals surface area contributed by atoms with Gasteiger partial charge in [0, 0.05) is 24.0 Å². The predicted octanol–water partition coefficient (Wildman–Crippen LogP) is 1.92. The minimum Gasteiger partial charge on any atom is -0.350 e. The Morgan fingerprint density at radius 2 is 2.00 bits per heavy atom. The Labute approximate surface area is 139 Å². The number of aromatic nitrogens is 5. The fraction of sp³-hybridized carbons (Fsp3) is 0.235. The highest BCUT2D eigenvalue weighted by Crippen LogP contribution is 2.13. The predicted molar refractivity (Wildman–Crippen MR) is 88.8 cm³/mol.